The molecular formula is C22H32N2O. The quantitative estimate of drug-likeness (QED) is 0.529. The van der Waals surface area contributed by atoms with Crippen molar-refractivity contribution < 1.29 is 5.11 Å². The molecule has 0 unspecified atom stereocenters. The number of aromatic nitrogens is 2. The van der Waals surface area contributed by atoms with E-state index in [0.29, 0.717) is 6.61 Å². The van der Waals surface area contributed by atoms with Crippen LogP contribution in [0.5, 0.6) is 0 Å². The third-order valence-electron chi connectivity index (χ3n) is 4.63. The van der Waals surface area contributed by atoms with E-state index in [-0.39, 0.29) is 0 Å². The molecule has 1 heterocycles. The van der Waals surface area contributed by atoms with Gasteiger partial charge in [0.05, 0.1) is 11.4 Å². The van der Waals surface area contributed by atoms with Gasteiger partial charge >= 0.3 is 0 Å². The molecule has 0 radical (unpaired) electrons. The van der Waals surface area contributed by atoms with Crippen molar-refractivity contribution >= 4 is 0 Å². The lowest BCUT2D eigenvalue weighted by atomic mass is 10.0. The number of aryl methyl sites for hydroxylation is 2. The number of rotatable bonds is 12. The van der Waals surface area contributed by atoms with Crippen molar-refractivity contribution in [2.45, 2.75) is 71.1 Å². The van der Waals surface area contributed by atoms with Gasteiger partial charge in [-0.2, -0.15) is 10.2 Å². The summed E-state index contributed by atoms with van der Waals surface area (Å²) in [4.78, 5) is 0. The molecular weight excluding hydrogens is 308 g/mol. The number of hydrogen-bond acceptors (Lipinski definition) is 3. The van der Waals surface area contributed by atoms with E-state index in [9.17, 15) is 0 Å². The Labute approximate surface area is 152 Å². The molecule has 1 aromatic heterocycles. The van der Waals surface area contributed by atoms with Gasteiger partial charge in [-0.15, -0.1) is 0 Å². The Bertz CT molecular complexity index is 578. The maximum atomic E-state index is 8.77. The van der Waals surface area contributed by atoms with Gasteiger partial charge in [-0.1, -0.05) is 63.3 Å². The highest BCUT2D eigenvalue weighted by atomic mass is 16.2. The number of aliphatic hydroxyl groups is 1. The van der Waals surface area contributed by atoms with Crippen molar-refractivity contribution in [1.82, 2.24) is 10.2 Å². The minimum atomic E-state index is 0.323. The molecule has 3 nitrogen and oxygen atoms in total. The Morgan fingerprint density at radius 3 is 2.12 bits per heavy atom. The standard InChI is InChI=1S/C22H32N2O/c1-2-3-7-11-21-16-17-22(24-23-21)20-14-12-19(13-15-20)10-8-5-4-6-9-18-25/h12-17,25H,2-11,18H2,1H3. The topological polar surface area (TPSA) is 46.0 Å². The fourth-order valence-corrected chi connectivity index (χ4v) is 3.02. The van der Waals surface area contributed by atoms with Gasteiger partial charge in [0, 0.05) is 12.2 Å². The van der Waals surface area contributed by atoms with E-state index in [1.165, 1.54) is 44.1 Å². The van der Waals surface area contributed by atoms with Crippen LogP contribution in [0.15, 0.2) is 36.4 Å². The summed E-state index contributed by atoms with van der Waals surface area (Å²) in [7, 11) is 0. The van der Waals surface area contributed by atoms with E-state index in [2.05, 4.69) is 53.5 Å². The molecule has 0 amide bonds. The number of benzene rings is 1. The van der Waals surface area contributed by atoms with Crippen LogP contribution in [0.25, 0.3) is 11.3 Å². The number of unbranched alkanes of at least 4 members (excludes halogenated alkanes) is 6. The van der Waals surface area contributed by atoms with E-state index in [0.717, 1.165) is 42.6 Å². The molecule has 0 aliphatic rings. The van der Waals surface area contributed by atoms with E-state index in [1.807, 2.05) is 0 Å². The Kier molecular flexibility index (Phi) is 9.21. The van der Waals surface area contributed by atoms with E-state index >= 15 is 0 Å². The zero-order valence-electron chi connectivity index (χ0n) is 15.6. The van der Waals surface area contributed by atoms with Gasteiger partial charge in [-0.3, -0.25) is 0 Å². The highest BCUT2D eigenvalue weighted by Gasteiger charge is 2.02. The number of hydrogen-bond donors (Lipinski definition) is 1. The van der Waals surface area contributed by atoms with Crippen molar-refractivity contribution in [1.29, 1.82) is 0 Å². The summed E-state index contributed by atoms with van der Waals surface area (Å²) in [6.45, 7) is 2.54. The van der Waals surface area contributed by atoms with Crippen LogP contribution in [-0.4, -0.2) is 21.9 Å². The van der Waals surface area contributed by atoms with Gasteiger partial charge in [-0.25, -0.2) is 0 Å². The fraction of sp³-hybridized carbons (Fsp3) is 0.545. The Hall–Kier alpha value is -1.74. The number of nitrogens with zero attached hydrogens (tertiary/aromatic N) is 2. The smallest absolute Gasteiger partial charge is 0.0929 e. The van der Waals surface area contributed by atoms with Gasteiger partial charge in [0.1, 0.15) is 0 Å². The zero-order valence-corrected chi connectivity index (χ0v) is 15.6. The number of aliphatic hydroxyl groups excluding tert-OH is 1. The summed E-state index contributed by atoms with van der Waals surface area (Å²) >= 11 is 0. The molecule has 0 spiro atoms. The molecule has 25 heavy (non-hydrogen) atoms. The summed E-state index contributed by atoms with van der Waals surface area (Å²) in [5, 5.41) is 17.5. The second kappa shape index (κ2) is 11.8. The van der Waals surface area contributed by atoms with Gasteiger partial charge in [0.25, 0.3) is 0 Å². The Morgan fingerprint density at radius 1 is 0.720 bits per heavy atom. The van der Waals surface area contributed by atoms with Crippen molar-refractivity contribution in [3.05, 3.63) is 47.7 Å². The molecule has 1 N–H and O–H groups in total. The van der Waals surface area contributed by atoms with Crippen molar-refractivity contribution in [2.75, 3.05) is 6.61 Å². The van der Waals surface area contributed by atoms with Gasteiger partial charge in [0.15, 0.2) is 0 Å². The molecule has 0 bridgehead atoms. The lowest BCUT2D eigenvalue weighted by molar-refractivity contribution is 0.282. The SMILES string of the molecule is CCCCCc1ccc(-c2ccc(CCCCCCCO)cc2)nn1. The predicted octanol–water partition coefficient (Wildman–Crippen LogP) is 5.36. The minimum absolute atomic E-state index is 0.323. The van der Waals surface area contributed by atoms with Crippen LogP contribution in [-0.2, 0) is 12.8 Å². The average Bonchev–Trinajstić information content (AvgIpc) is 2.66. The summed E-state index contributed by atoms with van der Waals surface area (Å²) < 4.78 is 0. The Morgan fingerprint density at radius 2 is 1.44 bits per heavy atom. The maximum Gasteiger partial charge on any atom is 0.0929 e. The lowest BCUT2D eigenvalue weighted by Crippen LogP contribution is -1.95. The normalized spacial score (nSPS) is 11.0. The first-order valence-electron chi connectivity index (χ1n) is 9.86. The Balaban J connectivity index is 1.79. The van der Waals surface area contributed by atoms with Crippen LogP contribution in [0.1, 0.15) is 69.5 Å². The molecule has 1 aromatic carbocycles. The van der Waals surface area contributed by atoms with Gasteiger partial charge in [-0.05, 0) is 49.8 Å². The van der Waals surface area contributed by atoms with Crippen LogP contribution >= 0.6 is 0 Å². The fourth-order valence-electron chi connectivity index (χ4n) is 3.02. The highest BCUT2D eigenvalue weighted by Crippen LogP contribution is 2.18. The van der Waals surface area contributed by atoms with Crippen LogP contribution < -0.4 is 0 Å². The molecule has 2 aromatic rings. The summed E-state index contributed by atoms with van der Waals surface area (Å²) in [5.41, 5.74) is 4.57. The average molecular weight is 341 g/mol. The summed E-state index contributed by atoms with van der Waals surface area (Å²) in [5.74, 6) is 0. The molecule has 0 saturated carbocycles. The molecule has 0 aliphatic carbocycles. The summed E-state index contributed by atoms with van der Waals surface area (Å²) in [6.07, 6.45) is 11.6. The van der Waals surface area contributed by atoms with Crippen molar-refractivity contribution in [3.63, 3.8) is 0 Å². The largest absolute Gasteiger partial charge is 0.396 e. The second-order valence-electron chi connectivity index (χ2n) is 6.81. The van der Waals surface area contributed by atoms with Crippen molar-refractivity contribution in [3.8, 4) is 11.3 Å². The minimum Gasteiger partial charge on any atom is -0.396 e. The first kappa shape index (κ1) is 19.6. The second-order valence-corrected chi connectivity index (χ2v) is 6.81. The molecule has 3 heteroatoms. The maximum absolute atomic E-state index is 8.77. The molecule has 0 fully saturated rings. The molecule has 0 saturated heterocycles. The van der Waals surface area contributed by atoms with Crippen LogP contribution in [0.2, 0.25) is 0 Å². The molecule has 0 aliphatic heterocycles. The lowest BCUT2D eigenvalue weighted by Gasteiger charge is -2.05. The van der Waals surface area contributed by atoms with E-state index in [4.69, 9.17) is 5.11 Å². The van der Waals surface area contributed by atoms with Crippen LogP contribution in [0.4, 0.5) is 0 Å². The first-order chi connectivity index (χ1) is 12.3. The first-order valence-corrected chi connectivity index (χ1v) is 9.86. The van der Waals surface area contributed by atoms with Crippen LogP contribution in [0, 0.1) is 0 Å². The molecule has 0 atom stereocenters. The monoisotopic (exact) mass is 340 g/mol. The predicted molar refractivity (Wildman–Crippen MR) is 105 cm³/mol. The van der Waals surface area contributed by atoms with E-state index < -0.39 is 0 Å². The zero-order chi connectivity index (χ0) is 17.7. The van der Waals surface area contributed by atoms with Gasteiger partial charge in [0.2, 0.25) is 0 Å². The van der Waals surface area contributed by atoms with Gasteiger partial charge < -0.3 is 5.11 Å². The molecule has 2 rings (SSSR count). The third kappa shape index (κ3) is 7.35. The van der Waals surface area contributed by atoms with Crippen LogP contribution in [0.3, 0.4) is 0 Å². The van der Waals surface area contributed by atoms with Crippen molar-refractivity contribution in [2.24, 2.45) is 0 Å². The molecule has 136 valence electrons. The summed E-state index contributed by atoms with van der Waals surface area (Å²) in [6, 6.07) is 12.9. The third-order valence-corrected chi connectivity index (χ3v) is 4.63. The highest BCUT2D eigenvalue weighted by molar-refractivity contribution is 5.58. The van der Waals surface area contributed by atoms with E-state index in [1.54, 1.807) is 0 Å².